The van der Waals surface area contributed by atoms with E-state index in [9.17, 15) is 9.59 Å². The lowest BCUT2D eigenvalue weighted by Crippen LogP contribution is -2.30. The molecule has 1 aliphatic heterocycles. The van der Waals surface area contributed by atoms with Crippen molar-refractivity contribution in [3.63, 3.8) is 0 Å². The van der Waals surface area contributed by atoms with Gasteiger partial charge in [0.2, 0.25) is 0 Å². The molecule has 33 heavy (non-hydrogen) atoms. The van der Waals surface area contributed by atoms with E-state index < -0.39 is 5.97 Å². The number of carboxylic acids is 1. The Bertz CT molecular complexity index is 1110. The van der Waals surface area contributed by atoms with Crippen molar-refractivity contribution >= 4 is 40.3 Å². The molecule has 0 spiro atoms. The summed E-state index contributed by atoms with van der Waals surface area (Å²) in [4.78, 5) is 28.5. The lowest BCUT2D eigenvalue weighted by atomic mass is 10.1. The highest BCUT2D eigenvalue weighted by Gasteiger charge is 2.16. The molecule has 0 bridgehead atoms. The van der Waals surface area contributed by atoms with Gasteiger partial charge < -0.3 is 20.9 Å². The van der Waals surface area contributed by atoms with Crippen molar-refractivity contribution in [3.05, 3.63) is 88.1 Å². The van der Waals surface area contributed by atoms with Crippen LogP contribution >= 0.6 is 23.4 Å². The molecule has 1 aliphatic rings. The van der Waals surface area contributed by atoms with Crippen LogP contribution in [0, 0.1) is 0 Å². The van der Waals surface area contributed by atoms with Gasteiger partial charge in [-0.3, -0.25) is 9.79 Å². The molecule has 3 rings (SSSR count). The van der Waals surface area contributed by atoms with Crippen LogP contribution in [0.4, 0.5) is 0 Å². The second-order valence-electron chi connectivity index (χ2n) is 7.20. The predicted octanol–water partition coefficient (Wildman–Crippen LogP) is 4.10. The van der Waals surface area contributed by atoms with E-state index in [0.717, 1.165) is 28.5 Å². The minimum atomic E-state index is -1.01. The van der Waals surface area contributed by atoms with Gasteiger partial charge in [0.05, 0.1) is 27.3 Å². The zero-order valence-corrected chi connectivity index (χ0v) is 19.5. The number of carboxylic acid groups (broad SMARTS) is 1. The van der Waals surface area contributed by atoms with Gasteiger partial charge in [-0.25, -0.2) is 4.79 Å². The quantitative estimate of drug-likeness (QED) is 0.364. The third-order valence-corrected chi connectivity index (χ3v) is 6.09. The van der Waals surface area contributed by atoms with E-state index in [-0.39, 0.29) is 34.7 Å². The van der Waals surface area contributed by atoms with Crippen molar-refractivity contribution in [3.8, 4) is 5.75 Å². The fourth-order valence-corrected chi connectivity index (χ4v) is 4.05. The summed E-state index contributed by atoms with van der Waals surface area (Å²) in [5.41, 5.74) is 7.67. The maximum absolute atomic E-state index is 12.9. The Hall–Kier alpha value is -3.23. The monoisotopic (exact) mass is 485 g/mol. The molecule has 2 aromatic carbocycles. The number of amides is 1. The largest absolute Gasteiger partial charge is 0.489 e. The zero-order valence-electron chi connectivity index (χ0n) is 18.0. The van der Waals surface area contributed by atoms with Gasteiger partial charge in [-0.05, 0) is 42.8 Å². The standard InChI is InChI=1S/C24H24ClN3O4S/c1-15(16-5-7-17(8-6-16)24(30)31)28-22(29)19(11-20(25)13-26)14-32-21-4-2-3-18(12-21)23-27-9-10-33-23/h2-8,11-13,15H,9-10,14,26H2,1H3,(H,28,29)(H,30,31)/b19-11+,20-13+/t15-/m0/s1. The number of carbonyl (C=O) groups excluding carboxylic acids is 1. The van der Waals surface area contributed by atoms with E-state index in [1.807, 2.05) is 24.3 Å². The number of carbonyl (C=O) groups is 2. The van der Waals surface area contributed by atoms with Crippen LogP contribution in [0.25, 0.3) is 0 Å². The van der Waals surface area contributed by atoms with Crippen molar-refractivity contribution in [2.45, 2.75) is 13.0 Å². The zero-order chi connectivity index (χ0) is 23.8. The third-order valence-electron chi connectivity index (χ3n) is 4.83. The average Bonchev–Trinajstić information content (AvgIpc) is 3.36. The van der Waals surface area contributed by atoms with Crippen LogP contribution in [0.5, 0.6) is 5.75 Å². The molecule has 0 saturated heterocycles. The number of thioether (sulfide) groups is 1. The molecule has 0 saturated carbocycles. The number of aliphatic imine (C=N–C) groups is 1. The van der Waals surface area contributed by atoms with Crippen molar-refractivity contribution in [2.24, 2.45) is 10.7 Å². The Labute approximate surface area is 201 Å². The van der Waals surface area contributed by atoms with Crippen molar-refractivity contribution in [2.75, 3.05) is 18.9 Å². The average molecular weight is 486 g/mol. The summed E-state index contributed by atoms with van der Waals surface area (Å²) in [5.74, 6) is 0.184. The number of rotatable bonds is 9. The second kappa shape index (κ2) is 11.6. The maximum atomic E-state index is 12.9. The van der Waals surface area contributed by atoms with Crippen LogP contribution < -0.4 is 15.8 Å². The Morgan fingerprint density at radius 3 is 2.70 bits per heavy atom. The van der Waals surface area contributed by atoms with Crippen LogP contribution in [0.1, 0.15) is 34.5 Å². The molecule has 1 amide bonds. The molecular formula is C24H24ClN3O4S. The van der Waals surface area contributed by atoms with E-state index in [1.54, 1.807) is 30.8 Å². The van der Waals surface area contributed by atoms with E-state index in [2.05, 4.69) is 10.3 Å². The summed E-state index contributed by atoms with van der Waals surface area (Å²) in [5, 5.41) is 13.1. The van der Waals surface area contributed by atoms with Crippen molar-refractivity contribution < 1.29 is 19.4 Å². The third kappa shape index (κ3) is 6.87. The van der Waals surface area contributed by atoms with Crippen LogP contribution in [-0.2, 0) is 4.79 Å². The summed E-state index contributed by atoms with van der Waals surface area (Å²) >= 11 is 7.75. The number of benzene rings is 2. The maximum Gasteiger partial charge on any atom is 0.335 e. The lowest BCUT2D eigenvalue weighted by Gasteiger charge is -2.17. The number of allylic oxidation sites excluding steroid dienone is 2. The van der Waals surface area contributed by atoms with Crippen LogP contribution in [0.3, 0.4) is 0 Å². The Balaban J connectivity index is 1.70. The SMILES string of the molecule is C[C@H](NC(=O)/C(=C/C(Cl)=C\N)COc1cccc(C2=NCCS2)c1)c1ccc(C(=O)O)cc1. The van der Waals surface area contributed by atoms with Crippen molar-refractivity contribution in [1.82, 2.24) is 5.32 Å². The summed E-state index contributed by atoms with van der Waals surface area (Å²) in [6, 6.07) is 13.5. The summed E-state index contributed by atoms with van der Waals surface area (Å²) in [6.45, 7) is 2.58. The first-order valence-corrected chi connectivity index (χ1v) is 11.6. The fourth-order valence-electron chi connectivity index (χ4n) is 3.06. The highest BCUT2D eigenvalue weighted by molar-refractivity contribution is 8.14. The van der Waals surface area contributed by atoms with Crippen LogP contribution in [0.15, 0.2) is 76.4 Å². The normalized spacial score (nSPS) is 15.0. The van der Waals surface area contributed by atoms with Crippen molar-refractivity contribution in [1.29, 1.82) is 0 Å². The van der Waals surface area contributed by atoms with Gasteiger partial charge in [0.25, 0.3) is 5.91 Å². The van der Waals surface area contributed by atoms with Gasteiger partial charge in [-0.2, -0.15) is 0 Å². The topological polar surface area (TPSA) is 114 Å². The molecule has 1 heterocycles. The molecule has 172 valence electrons. The second-order valence-corrected chi connectivity index (χ2v) is 8.72. The highest BCUT2D eigenvalue weighted by atomic mass is 35.5. The van der Waals surface area contributed by atoms with Gasteiger partial charge >= 0.3 is 5.97 Å². The molecule has 0 aromatic heterocycles. The first-order valence-electron chi connectivity index (χ1n) is 10.2. The van der Waals surface area contributed by atoms with Gasteiger partial charge in [0.15, 0.2) is 0 Å². The molecule has 0 unspecified atom stereocenters. The number of halogens is 1. The minimum absolute atomic E-state index is 0.0242. The smallest absolute Gasteiger partial charge is 0.335 e. The van der Waals surface area contributed by atoms with E-state index in [0.29, 0.717) is 5.75 Å². The molecule has 2 aromatic rings. The van der Waals surface area contributed by atoms with Crippen LogP contribution in [-0.4, -0.2) is 40.9 Å². The van der Waals surface area contributed by atoms with Crippen LogP contribution in [0.2, 0.25) is 0 Å². The number of nitrogens with two attached hydrogens (primary N) is 1. The summed E-state index contributed by atoms with van der Waals surface area (Å²) < 4.78 is 5.88. The number of ether oxygens (including phenoxy) is 1. The molecule has 4 N–H and O–H groups in total. The molecule has 7 nitrogen and oxygen atoms in total. The first kappa shape index (κ1) is 24.4. The Kier molecular flexibility index (Phi) is 8.57. The molecule has 1 atom stereocenters. The number of hydrogen-bond acceptors (Lipinski definition) is 6. The summed E-state index contributed by atoms with van der Waals surface area (Å²) in [7, 11) is 0. The van der Waals surface area contributed by atoms with Gasteiger partial charge in [-0.15, -0.1) is 11.8 Å². The van der Waals surface area contributed by atoms with Gasteiger partial charge in [0, 0.05) is 24.1 Å². The lowest BCUT2D eigenvalue weighted by molar-refractivity contribution is -0.118. The van der Waals surface area contributed by atoms with E-state index in [4.69, 9.17) is 27.2 Å². The molecule has 9 heteroatoms. The highest BCUT2D eigenvalue weighted by Crippen LogP contribution is 2.23. The number of nitrogens with zero attached hydrogens (tertiary/aromatic N) is 1. The van der Waals surface area contributed by atoms with E-state index in [1.165, 1.54) is 24.4 Å². The van der Waals surface area contributed by atoms with E-state index >= 15 is 0 Å². The molecule has 0 aliphatic carbocycles. The predicted molar refractivity (Wildman–Crippen MR) is 132 cm³/mol. The summed E-state index contributed by atoms with van der Waals surface area (Å²) in [6.07, 6.45) is 2.65. The van der Waals surface area contributed by atoms with Gasteiger partial charge in [-0.1, -0.05) is 35.9 Å². The molecular weight excluding hydrogens is 462 g/mol. The Morgan fingerprint density at radius 2 is 2.06 bits per heavy atom. The Morgan fingerprint density at radius 1 is 1.30 bits per heavy atom. The molecule has 0 radical (unpaired) electrons. The number of hydrogen-bond donors (Lipinski definition) is 3. The number of nitrogens with one attached hydrogen (secondary N) is 1. The number of aromatic carboxylic acids is 1. The first-order chi connectivity index (χ1) is 15.9. The fraction of sp³-hybridized carbons (Fsp3) is 0.208. The minimum Gasteiger partial charge on any atom is -0.489 e. The van der Waals surface area contributed by atoms with Gasteiger partial charge in [0.1, 0.15) is 12.4 Å². The molecule has 0 fully saturated rings.